The highest BCUT2D eigenvalue weighted by molar-refractivity contribution is 7.87. The summed E-state index contributed by atoms with van der Waals surface area (Å²) < 4.78 is 61.9. The van der Waals surface area contributed by atoms with E-state index in [2.05, 4.69) is 10.6 Å². The molecule has 0 saturated carbocycles. The molecule has 3 atom stereocenters. The molecule has 0 radical (unpaired) electrons. The largest absolute Gasteiger partial charge is 0.444 e. The Morgan fingerprint density at radius 2 is 1.85 bits per heavy atom. The van der Waals surface area contributed by atoms with Crippen LogP contribution in [0.3, 0.4) is 0 Å². The number of aliphatic hydroxyl groups is 1. The van der Waals surface area contributed by atoms with E-state index < -0.39 is 51.6 Å². The predicted molar refractivity (Wildman–Crippen MR) is 121 cm³/mol. The molecule has 1 heterocycles. The number of hydrogen-bond acceptors (Lipinski definition) is 7. The zero-order valence-corrected chi connectivity index (χ0v) is 19.9. The van der Waals surface area contributed by atoms with Crippen molar-refractivity contribution in [2.45, 2.75) is 51.0 Å². The van der Waals surface area contributed by atoms with Crippen LogP contribution in [0.15, 0.2) is 42.5 Å². The third-order valence-corrected chi connectivity index (χ3v) is 6.17. The summed E-state index contributed by atoms with van der Waals surface area (Å²) in [7, 11) is -3.83. The van der Waals surface area contributed by atoms with Crippen molar-refractivity contribution >= 4 is 16.2 Å². The van der Waals surface area contributed by atoms with E-state index in [0.717, 1.165) is 18.2 Å². The summed E-state index contributed by atoms with van der Waals surface area (Å²) in [5.41, 5.74) is 0.0214. The SMILES string of the molecule is CC(C)(C)OC(=O)N[C@@H](Cc1cc(F)cc(F)c1)[C@H](O)CNC1CS(=O)(=O)Oc2ccccc21. The first-order chi connectivity index (χ1) is 15.8. The van der Waals surface area contributed by atoms with Crippen LogP contribution in [-0.4, -0.2) is 49.7 Å². The summed E-state index contributed by atoms with van der Waals surface area (Å²) in [6.07, 6.45) is -2.16. The van der Waals surface area contributed by atoms with Gasteiger partial charge in [0.05, 0.1) is 18.2 Å². The number of alkyl carbamates (subject to hydrolysis) is 1. The van der Waals surface area contributed by atoms with Gasteiger partial charge in [-0.2, -0.15) is 8.42 Å². The van der Waals surface area contributed by atoms with Gasteiger partial charge in [-0.3, -0.25) is 0 Å². The van der Waals surface area contributed by atoms with Gasteiger partial charge in [-0.05, 0) is 51.0 Å². The molecule has 0 aliphatic carbocycles. The molecule has 11 heteroatoms. The van der Waals surface area contributed by atoms with Gasteiger partial charge in [0.15, 0.2) is 0 Å². The molecular formula is C23H28F2N2O6S. The van der Waals surface area contributed by atoms with Gasteiger partial charge in [-0.1, -0.05) is 18.2 Å². The van der Waals surface area contributed by atoms with Crippen molar-refractivity contribution in [3.63, 3.8) is 0 Å². The number of aliphatic hydroxyl groups excluding tert-OH is 1. The molecular weight excluding hydrogens is 470 g/mol. The normalized spacial score (nSPS) is 18.8. The van der Waals surface area contributed by atoms with E-state index in [1.54, 1.807) is 39.0 Å². The quantitative estimate of drug-likeness (QED) is 0.503. The Kier molecular flexibility index (Phi) is 7.79. The molecule has 186 valence electrons. The fourth-order valence-electron chi connectivity index (χ4n) is 3.61. The number of ether oxygens (including phenoxy) is 1. The van der Waals surface area contributed by atoms with E-state index in [0.29, 0.717) is 5.56 Å². The number of carbonyl (C=O) groups excluding carboxylic acids is 1. The highest BCUT2D eigenvalue weighted by atomic mass is 32.2. The maximum Gasteiger partial charge on any atom is 0.407 e. The van der Waals surface area contributed by atoms with Crippen LogP contribution in [0.5, 0.6) is 5.75 Å². The van der Waals surface area contributed by atoms with Gasteiger partial charge in [0.2, 0.25) is 0 Å². The Balaban J connectivity index is 1.76. The van der Waals surface area contributed by atoms with Crippen molar-refractivity contribution in [1.29, 1.82) is 0 Å². The molecule has 1 aliphatic rings. The van der Waals surface area contributed by atoms with Gasteiger partial charge < -0.3 is 24.7 Å². The summed E-state index contributed by atoms with van der Waals surface area (Å²) in [5.74, 6) is -1.74. The Morgan fingerprint density at radius 1 is 1.21 bits per heavy atom. The molecule has 0 saturated heterocycles. The summed E-state index contributed by atoms with van der Waals surface area (Å²) in [4.78, 5) is 12.3. The third kappa shape index (κ3) is 7.37. The number of hydrogen-bond donors (Lipinski definition) is 3. The number of rotatable bonds is 7. The fourth-order valence-corrected chi connectivity index (χ4v) is 4.81. The average Bonchev–Trinajstić information content (AvgIpc) is 2.68. The maximum atomic E-state index is 13.7. The van der Waals surface area contributed by atoms with Gasteiger partial charge in [0, 0.05) is 18.2 Å². The van der Waals surface area contributed by atoms with Gasteiger partial charge in [0.1, 0.15) is 28.7 Å². The molecule has 8 nitrogen and oxygen atoms in total. The highest BCUT2D eigenvalue weighted by Gasteiger charge is 2.32. The number of amides is 1. The van der Waals surface area contributed by atoms with Crippen molar-refractivity contribution in [1.82, 2.24) is 10.6 Å². The smallest absolute Gasteiger partial charge is 0.407 e. The topological polar surface area (TPSA) is 114 Å². The number of carbonyl (C=O) groups is 1. The van der Waals surface area contributed by atoms with E-state index in [1.165, 1.54) is 6.07 Å². The van der Waals surface area contributed by atoms with Crippen LogP contribution in [0.1, 0.15) is 37.9 Å². The zero-order valence-electron chi connectivity index (χ0n) is 19.0. The fraction of sp³-hybridized carbons (Fsp3) is 0.435. The molecule has 1 aliphatic heterocycles. The van der Waals surface area contributed by atoms with Crippen LogP contribution >= 0.6 is 0 Å². The predicted octanol–water partition coefficient (Wildman–Crippen LogP) is 2.81. The summed E-state index contributed by atoms with van der Waals surface area (Å²) in [6, 6.07) is 7.89. The second-order valence-corrected chi connectivity index (χ2v) is 10.7. The Bertz CT molecular complexity index is 1120. The van der Waals surface area contributed by atoms with Crippen LogP contribution in [0.2, 0.25) is 0 Å². The van der Waals surface area contributed by atoms with Gasteiger partial charge >= 0.3 is 16.2 Å². The van der Waals surface area contributed by atoms with Gasteiger partial charge in [0.25, 0.3) is 0 Å². The Hall–Kier alpha value is -2.76. The second kappa shape index (κ2) is 10.2. The molecule has 2 aromatic rings. The number of nitrogens with one attached hydrogen (secondary N) is 2. The Morgan fingerprint density at radius 3 is 2.50 bits per heavy atom. The molecule has 3 rings (SSSR count). The van der Waals surface area contributed by atoms with Crippen LogP contribution in [-0.2, 0) is 21.3 Å². The Labute approximate surface area is 197 Å². The summed E-state index contributed by atoms with van der Waals surface area (Å²) in [6.45, 7) is 4.88. The lowest BCUT2D eigenvalue weighted by atomic mass is 10.00. The van der Waals surface area contributed by atoms with Crippen molar-refractivity contribution in [2.75, 3.05) is 12.3 Å². The van der Waals surface area contributed by atoms with E-state index in [1.807, 2.05) is 0 Å². The number of fused-ring (bicyclic) bond motifs is 1. The molecule has 34 heavy (non-hydrogen) atoms. The minimum Gasteiger partial charge on any atom is -0.444 e. The van der Waals surface area contributed by atoms with Crippen LogP contribution in [0, 0.1) is 11.6 Å². The first-order valence-corrected chi connectivity index (χ1v) is 12.3. The zero-order chi connectivity index (χ0) is 25.1. The molecule has 0 aromatic heterocycles. The van der Waals surface area contributed by atoms with Crippen molar-refractivity contribution in [3.05, 3.63) is 65.2 Å². The van der Waals surface area contributed by atoms with Crippen LogP contribution in [0.4, 0.5) is 13.6 Å². The van der Waals surface area contributed by atoms with Crippen LogP contribution < -0.4 is 14.8 Å². The lowest BCUT2D eigenvalue weighted by molar-refractivity contribution is 0.0420. The second-order valence-electron chi connectivity index (χ2n) is 9.11. The van der Waals surface area contributed by atoms with E-state index in [9.17, 15) is 27.1 Å². The van der Waals surface area contributed by atoms with Gasteiger partial charge in [-0.25, -0.2) is 13.6 Å². The summed E-state index contributed by atoms with van der Waals surface area (Å²) in [5, 5.41) is 16.4. The van der Waals surface area contributed by atoms with Crippen LogP contribution in [0.25, 0.3) is 0 Å². The minimum absolute atomic E-state index is 0.0978. The lowest BCUT2D eigenvalue weighted by Crippen LogP contribution is -2.51. The standard InChI is InChI=1S/C23H28F2N2O6S/c1-23(2,3)32-22(29)27-18(10-14-8-15(24)11-16(25)9-14)20(28)12-26-19-13-34(30,31)33-21-7-5-4-6-17(19)21/h4-9,11,18-20,26,28H,10,12-13H2,1-3H3,(H,27,29)/t18-,19?,20+/m0/s1. The van der Waals surface area contributed by atoms with Crippen molar-refractivity contribution in [2.24, 2.45) is 0 Å². The molecule has 1 amide bonds. The average molecular weight is 499 g/mol. The minimum atomic E-state index is -3.83. The van der Waals surface area contributed by atoms with E-state index in [-0.39, 0.29) is 30.0 Å². The molecule has 0 bridgehead atoms. The number of para-hydroxylation sites is 1. The molecule has 1 unspecified atom stereocenters. The molecule has 3 N–H and O–H groups in total. The first-order valence-electron chi connectivity index (χ1n) is 10.7. The first kappa shape index (κ1) is 25.9. The maximum absolute atomic E-state index is 13.7. The van der Waals surface area contributed by atoms with Crippen molar-refractivity contribution in [3.8, 4) is 5.75 Å². The number of benzene rings is 2. The van der Waals surface area contributed by atoms with Gasteiger partial charge in [-0.15, -0.1) is 0 Å². The number of halogens is 2. The lowest BCUT2D eigenvalue weighted by Gasteiger charge is -2.30. The molecule has 0 fully saturated rings. The summed E-state index contributed by atoms with van der Waals surface area (Å²) >= 11 is 0. The molecule has 0 spiro atoms. The molecule has 2 aromatic carbocycles. The van der Waals surface area contributed by atoms with Crippen molar-refractivity contribution < 1.29 is 36.0 Å². The highest BCUT2D eigenvalue weighted by Crippen LogP contribution is 2.32. The van der Waals surface area contributed by atoms with E-state index >= 15 is 0 Å². The monoisotopic (exact) mass is 498 g/mol. The third-order valence-electron chi connectivity index (χ3n) is 5.00. The van der Waals surface area contributed by atoms with E-state index in [4.69, 9.17) is 8.92 Å².